The molecule has 0 bridgehead atoms. The number of aryl methyl sites for hydroxylation is 1. The van der Waals surface area contributed by atoms with Crippen LogP contribution in [0.4, 0.5) is 17.2 Å². The molecule has 24 heavy (non-hydrogen) atoms. The molecule has 124 valence electrons. The van der Waals surface area contributed by atoms with Gasteiger partial charge < -0.3 is 15.7 Å². The molecule has 0 atom stereocenters. The maximum Gasteiger partial charge on any atom is 0.341 e. The van der Waals surface area contributed by atoms with Crippen LogP contribution in [0.25, 0.3) is 0 Å². The summed E-state index contributed by atoms with van der Waals surface area (Å²) in [6, 6.07) is 8.92. The van der Waals surface area contributed by atoms with Gasteiger partial charge in [0, 0.05) is 17.4 Å². The Balaban J connectivity index is 2.50. The van der Waals surface area contributed by atoms with E-state index in [1.807, 2.05) is 33.8 Å². The fourth-order valence-corrected chi connectivity index (χ4v) is 2.20. The summed E-state index contributed by atoms with van der Waals surface area (Å²) in [6.07, 6.45) is 1.55. The van der Waals surface area contributed by atoms with Crippen molar-refractivity contribution in [1.82, 2.24) is 4.98 Å². The molecule has 3 N–H and O–H groups in total. The Morgan fingerprint density at radius 2 is 1.96 bits per heavy atom. The molecular formula is C18H20N4O2. The Labute approximate surface area is 141 Å². The summed E-state index contributed by atoms with van der Waals surface area (Å²) in [5.41, 5.74) is 2.25. The van der Waals surface area contributed by atoms with Crippen molar-refractivity contribution in [3.05, 3.63) is 47.2 Å². The van der Waals surface area contributed by atoms with Crippen molar-refractivity contribution in [1.29, 1.82) is 5.26 Å². The number of nitriles is 1. The summed E-state index contributed by atoms with van der Waals surface area (Å²) in [4.78, 5) is 15.9. The molecule has 0 unspecified atom stereocenters. The van der Waals surface area contributed by atoms with Gasteiger partial charge in [-0.2, -0.15) is 5.26 Å². The molecule has 2 rings (SSSR count). The normalized spacial score (nSPS) is 10.8. The number of carboxylic acid groups (broad SMARTS) is 1. The van der Waals surface area contributed by atoms with Crippen LogP contribution in [-0.4, -0.2) is 21.6 Å². The minimum Gasteiger partial charge on any atom is -0.477 e. The minimum atomic E-state index is -1.08. The summed E-state index contributed by atoms with van der Waals surface area (Å²) in [7, 11) is 0. The summed E-state index contributed by atoms with van der Waals surface area (Å²) in [6.45, 7) is 7.68. The van der Waals surface area contributed by atoms with Gasteiger partial charge in [-0.15, -0.1) is 0 Å². The number of benzene rings is 1. The maximum atomic E-state index is 11.8. The van der Waals surface area contributed by atoms with E-state index in [1.165, 1.54) is 0 Å². The van der Waals surface area contributed by atoms with E-state index in [0.717, 1.165) is 5.56 Å². The second-order valence-electron chi connectivity index (χ2n) is 6.53. The monoisotopic (exact) mass is 324 g/mol. The molecular weight excluding hydrogens is 304 g/mol. The number of hydrogen-bond acceptors (Lipinski definition) is 5. The van der Waals surface area contributed by atoms with E-state index in [9.17, 15) is 9.90 Å². The number of rotatable bonds is 4. The van der Waals surface area contributed by atoms with Gasteiger partial charge in [0.15, 0.2) is 0 Å². The average molecular weight is 324 g/mol. The number of nitrogens with one attached hydrogen (secondary N) is 2. The summed E-state index contributed by atoms with van der Waals surface area (Å²) < 4.78 is 0. The molecule has 0 amide bonds. The number of anilines is 3. The standard InChI is InChI=1S/C18H20N4O2/c1-11-5-6-12(10-19)9-14(11)21-13-7-8-20-16(15(13)17(23)24)22-18(2,3)4/h5-9H,1-4H3,(H,23,24)(H2,20,21,22). The first-order valence-electron chi connectivity index (χ1n) is 7.49. The number of carbonyl (C=O) groups is 1. The summed E-state index contributed by atoms with van der Waals surface area (Å²) in [5, 5.41) is 24.9. The molecule has 2 aromatic rings. The molecule has 0 saturated heterocycles. The van der Waals surface area contributed by atoms with Crippen molar-refractivity contribution in [2.45, 2.75) is 33.2 Å². The molecule has 6 heteroatoms. The number of carboxylic acids is 1. The zero-order valence-corrected chi connectivity index (χ0v) is 14.1. The lowest BCUT2D eigenvalue weighted by atomic mass is 10.1. The van der Waals surface area contributed by atoms with Crippen molar-refractivity contribution in [3.63, 3.8) is 0 Å². The van der Waals surface area contributed by atoms with Crippen LogP contribution in [0.2, 0.25) is 0 Å². The Morgan fingerprint density at radius 3 is 2.54 bits per heavy atom. The van der Waals surface area contributed by atoms with Gasteiger partial charge in [0.1, 0.15) is 11.4 Å². The molecule has 1 heterocycles. The third-order valence-corrected chi connectivity index (χ3v) is 3.29. The quantitative estimate of drug-likeness (QED) is 0.788. The second-order valence-corrected chi connectivity index (χ2v) is 6.53. The van der Waals surface area contributed by atoms with Crippen LogP contribution in [0, 0.1) is 18.3 Å². The van der Waals surface area contributed by atoms with Gasteiger partial charge in [-0.1, -0.05) is 6.07 Å². The number of aromatic nitrogens is 1. The Bertz CT molecular complexity index is 817. The molecule has 1 aromatic heterocycles. The second kappa shape index (κ2) is 6.59. The van der Waals surface area contributed by atoms with Gasteiger partial charge >= 0.3 is 5.97 Å². The highest BCUT2D eigenvalue weighted by molar-refractivity contribution is 6.00. The fraction of sp³-hybridized carbons (Fsp3) is 0.278. The lowest BCUT2D eigenvalue weighted by Crippen LogP contribution is -2.28. The number of pyridine rings is 1. The third kappa shape index (κ3) is 4.02. The van der Waals surface area contributed by atoms with E-state index < -0.39 is 5.97 Å². The molecule has 6 nitrogen and oxygen atoms in total. The topological polar surface area (TPSA) is 98.0 Å². The van der Waals surface area contributed by atoms with Gasteiger partial charge in [-0.25, -0.2) is 9.78 Å². The minimum absolute atomic E-state index is 0.0641. The zero-order valence-electron chi connectivity index (χ0n) is 14.1. The SMILES string of the molecule is Cc1ccc(C#N)cc1Nc1ccnc(NC(C)(C)C)c1C(=O)O. The van der Waals surface area contributed by atoms with Crippen LogP contribution in [0.15, 0.2) is 30.5 Å². The predicted octanol–water partition coefficient (Wildman–Crippen LogP) is 3.91. The first-order valence-corrected chi connectivity index (χ1v) is 7.49. The molecule has 0 fully saturated rings. The number of hydrogen-bond donors (Lipinski definition) is 3. The lowest BCUT2D eigenvalue weighted by molar-refractivity contribution is 0.0698. The van der Waals surface area contributed by atoms with E-state index in [4.69, 9.17) is 5.26 Å². The smallest absolute Gasteiger partial charge is 0.341 e. The molecule has 0 aliphatic heterocycles. The fourth-order valence-electron chi connectivity index (χ4n) is 2.20. The predicted molar refractivity (Wildman–Crippen MR) is 93.7 cm³/mol. The van der Waals surface area contributed by atoms with Crippen LogP contribution in [0.5, 0.6) is 0 Å². The number of aromatic carboxylic acids is 1. The van der Waals surface area contributed by atoms with Crippen molar-refractivity contribution in [3.8, 4) is 6.07 Å². The Hall–Kier alpha value is -3.07. The van der Waals surface area contributed by atoms with E-state index in [1.54, 1.807) is 24.4 Å². The average Bonchev–Trinajstić information content (AvgIpc) is 2.47. The van der Waals surface area contributed by atoms with Crippen LogP contribution >= 0.6 is 0 Å². The van der Waals surface area contributed by atoms with Gasteiger partial charge in [0.25, 0.3) is 0 Å². The van der Waals surface area contributed by atoms with E-state index in [-0.39, 0.29) is 11.1 Å². The Morgan fingerprint density at radius 1 is 1.25 bits per heavy atom. The van der Waals surface area contributed by atoms with Crippen LogP contribution in [0.1, 0.15) is 42.3 Å². The Kier molecular flexibility index (Phi) is 4.74. The molecule has 0 radical (unpaired) electrons. The maximum absolute atomic E-state index is 11.8. The van der Waals surface area contributed by atoms with Crippen molar-refractivity contribution < 1.29 is 9.90 Å². The van der Waals surface area contributed by atoms with Crippen molar-refractivity contribution >= 4 is 23.2 Å². The van der Waals surface area contributed by atoms with Crippen molar-refractivity contribution in [2.24, 2.45) is 0 Å². The molecule has 0 aliphatic rings. The third-order valence-electron chi connectivity index (χ3n) is 3.29. The largest absolute Gasteiger partial charge is 0.477 e. The van der Waals surface area contributed by atoms with Gasteiger partial charge in [-0.3, -0.25) is 0 Å². The van der Waals surface area contributed by atoms with Crippen LogP contribution in [0.3, 0.4) is 0 Å². The molecule has 0 saturated carbocycles. The first kappa shape index (κ1) is 17.3. The van der Waals surface area contributed by atoms with E-state index >= 15 is 0 Å². The molecule has 1 aromatic carbocycles. The highest BCUT2D eigenvalue weighted by atomic mass is 16.4. The highest BCUT2D eigenvalue weighted by Gasteiger charge is 2.21. The van der Waals surface area contributed by atoms with Gasteiger partial charge in [0.2, 0.25) is 0 Å². The first-order chi connectivity index (χ1) is 11.2. The van der Waals surface area contributed by atoms with E-state index in [0.29, 0.717) is 22.8 Å². The van der Waals surface area contributed by atoms with Gasteiger partial charge in [0.05, 0.1) is 17.3 Å². The zero-order chi connectivity index (χ0) is 17.9. The van der Waals surface area contributed by atoms with Crippen LogP contribution in [-0.2, 0) is 0 Å². The molecule has 0 aliphatic carbocycles. The summed E-state index contributed by atoms with van der Waals surface area (Å²) >= 11 is 0. The lowest BCUT2D eigenvalue weighted by Gasteiger charge is -2.23. The number of nitrogens with zero attached hydrogens (tertiary/aromatic N) is 2. The van der Waals surface area contributed by atoms with E-state index in [2.05, 4.69) is 21.7 Å². The molecule has 0 spiro atoms. The van der Waals surface area contributed by atoms with Crippen LogP contribution < -0.4 is 10.6 Å². The van der Waals surface area contributed by atoms with Crippen molar-refractivity contribution in [2.75, 3.05) is 10.6 Å². The highest BCUT2D eigenvalue weighted by Crippen LogP contribution is 2.29. The summed E-state index contributed by atoms with van der Waals surface area (Å²) in [5.74, 6) is -0.777. The van der Waals surface area contributed by atoms with Gasteiger partial charge in [-0.05, 0) is 51.5 Å².